The molecular formula is C18H19ClN4O2S. The van der Waals surface area contributed by atoms with Crippen molar-refractivity contribution in [3.8, 4) is 0 Å². The molecule has 0 N–H and O–H groups in total. The number of fused-ring (bicyclic) bond motifs is 1. The Hall–Kier alpha value is -2.12. The molecule has 0 unspecified atom stereocenters. The molecule has 3 rings (SSSR count). The Balaban J connectivity index is 1.57. The number of ether oxygens (including phenoxy) is 1. The lowest BCUT2D eigenvalue weighted by molar-refractivity contribution is -0.145. The van der Waals surface area contributed by atoms with E-state index in [0.717, 1.165) is 27.8 Å². The topological polar surface area (TPSA) is 69.4 Å². The first-order valence-corrected chi connectivity index (χ1v) is 9.73. The summed E-state index contributed by atoms with van der Waals surface area (Å²) in [5.41, 5.74) is 4.26. The van der Waals surface area contributed by atoms with Gasteiger partial charge in [-0.1, -0.05) is 23.4 Å². The van der Waals surface area contributed by atoms with Gasteiger partial charge in [0.05, 0.1) is 10.7 Å². The van der Waals surface area contributed by atoms with Gasteiger partial charge < -0.3 is 9.14 Å². The van der Waals surface area contributed by atoms with E-state index >= 15 is 0 Å². The van der Waals surface area contributed by atoms with Crippen molar-refractivity contribution in [1.82, 2.24) is 19.4 Å². The van der Waals surface area contributed by atoms with Crippen LogP contribution in [0.4, 0.5) is 0 Å². The number of hydrogen-bond acceptors (Lipinski definition) is 6. The third-order valence-electron chi connectivity index (χ3n) is 4.01. The Morgan fingerprint density at radius 1 is 1.19 bits per heavy atom. The standard InChI is InChI=1S/C18H19ClN4O2S/c1-11-15(12(2)21-18(20-11)26-3)5-7-17(24)25-10-14-9-23-8-13(19)4-6-16(23)22-14/h4,6,8-9H,5,7,10H2,1-3H3. The van der Waals surface area contributed by atoms with Crippen molar-refractivity contribution in [3.63, 3.8) is 0 Å². The summed E-state index contributed by atoms with van der Waals surface area (Å²) in [7, 11) is 0. The van der Waals surface area contributed by atoms with Gasteiger partial charge in [0.1, 0.15) is 12.3 Å². The lowest BCUT2D eigenvalue weighted by atomic mass is 10.1. The molecule has 0 aliphatic rings. The van der Waals surface area contributed by atoms with E-state index in [0.29, 0.717) is 17.1 Å². The van der Waals surface area contributed by atoms with Gasteiger partial charge in [-0.3, -0.25) is 4.79 Å². The summed E-state index contributed by atoms with van der Waals surface area (Å²) in [5, 5.41) is 1.37. The fourth-order valence-electron chi connectivity index (χ4n) is 2.70. The number of hydrogen-bond donors (Lipinski definition) is 0. The molecule has 0 fully saturated rings. The highest BCUT2D eigenvalue weighted by atomic mass is 35.5. The quantitative estimate of drug-likeness (QED) is 0.362. The van der Waals surface area contributed by atoms with Gasteiger partial charge in [0.15, 0.2) is 5.16 Å². The van der Waals surface area contributed by atoms with Crippen LogP contribution in [0.3, 0.4) is 0 Å². The zero-order chi connectivity index (χ0) is 18.7. The minimum absolute atomic E-state index is 0.137. The normalized spacial score (nSPS) is 11.1. The monoisotopic (exact) mass is 390 g/mol. The lowest BCUT2D eigenvalue weighted by Crippen LogP contribution is -2.09. The van der Waals surface area contributed by atoms with Crippen molar-refractivity contribution in [2.75, 3.05) is 6.26 Å². The Morgan fingerprint density at radius 2 is 1.92 bits per heavy atom. The van der Waals surface area contributed by atoms with Crippen molar-refractivity contribution in [2.45, 2.75) is 38.5 Å². The number of halogens is 1. The Kier molecular flexibility index (Phi) is 5.78. The third kappa shape index (κ3) is 4.34. The highest BCUT2D eigenvalue weighted by Gasteiger charge is 2.12. The molecule has 0 radical (unpaired) electrons. The zero-order valence-corrected chi connectivity index (χ0v) is 16.4. The second-order valence-corrected chi connectivity index (χ2v) is 7.08. The van der Waals surface area contributed by atoms with Crippen LogP contribution < -0.4 is 0 Å². The number of pyridine rings is 1. The summed E-state index contributed by atoms with van der Waals surface area (Å²) < 4.78 is 7.15. The second-order valence-electron chi connectivity index (χ2n) is 5.87. The Bertz CT molecular complexity index is 935. The fourth-order valence-corrected chi connectivity index (χ4v) is 3.33. The molecule has 8 heteroatoms. The van der Waals surface area contributed by atoms with Crippen LogP contribution in [0.1, 0.15) is 29.1 Å². The van der Waals surface area contributed by atoms with E-state index in [9.17, 15) is 4.79 Å². The highest BCUT2D eigenvalue weighted by Crippen LogP contribution is 2.17. The van der Waals surface area contributed by atoms with Crippen molar-refractivity contribution >= 4 is 35.0 Å². The van der Waals surface area contributed by atoms with Crippen LogP contribution in [0.2, 0.25) is 5.02 Å². The Morgan fingerprint density at radius 3 is 2.62 bits per heavy atom. The molecule has 0 aliphatic carbocycles. The number of imidazole rings is 1. The number of aromatic nitrogens is 4. The van der Waals surface area contributed by atoms with Gasteiger partial charge in [-0.25, -0.2) is 15.0 Å². The molecule has 0 spiro atoms. The maximum absolute atomic E-state index is 12.1. The SMILES string of the molecule is CSc1nc(C)c(CCC(=O)OCc2cn3cc(Cl)ccc3n2)c(C)n1. The fraction of sp³-hybridized carbons (Fsp3) is 0.333. The van der Waals surface area contributed by atoms with Gasteiger partial charge in [0.25, 0.3) is 0 Å². The van der Waals surface area contributed by atoms with Gasteiger partial charge in [-0.2, -0.15) is 0 Å². The van der Waals surface area contributed by atoms with Crippen molar-refractivity contribution in [1.29, 1.82) is 0 Å². The van der Waals surface area contributed by atoms with Crippen molar-refractivity contribution < 1.29 is 9.53 Å². The van der Waals surface area contributed by atoms with Crippen LogP contribution in [-0.2, 0) is 22.6 Å². The Labute approximate surface area is 161 Å². The number of thioether (sulfide) groups is 1. The van der Waals surface area contributed by atoms with Crippen molar-refractivity contribution in [3.05, 3.63) is 52.2 Å². The van der Waals surface area contributed by atoms with E-state index in [1.807, 2.05) is 30.6 Å². The van der Waals surface area contributed by atoms with Crippen LogP contribution in [0.5, 0.6) is 0 Å². The molecule has 136 valence electrons. The highest BCUT2D eigenvalue weighted by molar-refractivity contribution is 7.98. The predicted molar refractivity (Wildman–Crippen MR) is 102 cm³/mol. The number of rotatable bonds is 6. The third-order valence-corrected chi connectivity index (χ3v) is 4.78. The molecule has 3 heterocycles. The van der Waals surface area contributed by atoms with E-state index in [-0.39, 0.29) is 19.0 Å². The average Bonchev–Trinajstić information content (AvgIpc) is 3.01. The summed E-state index contributed by atoms with van der Waals surface area (Å²) in [6.45, 7) is 4.02. The van der Waals surface area contributed by atoms with Gasteiger partial charge in [-0.15, -0.1) is 0 Å². The molecule has 0 saturated carbocycles. The lowest BCUT2D eigenvalue weighted by Gasteiger charge is -2.09. The van der Waals surface area contributed by atoms with E-state index in [1.54, 1.807) is 18.5 Å². The summed E-state index contributed by atoms with van der Waals surface area (Å²) in [6, 6.07) is 3.59. The average molecular weight is 391 g/mol. The van der Waals surface area contributed by atoms with Crippen LogP contribution >= 0.6 is 23.4 Å². The van der Waals surface area contributed by atoms with Crippen molar-refractivity contribution in [2.24, 2.45) is 0 Å². The van der Waals surface area contributed by atoms with Crippen LogP contribution in [-0.4, -0.2) is 31.6 Å². The molecule has 3 aromatic rings. The summed E-state index contributed by atoms with van der Waals surface area (Å²) in [4.78, 5) is 25.3. The number of nitrogens with zero attached hydrogens (tertiary/aromatic N) is 4. The van der Waals surface area contributed by atoms with Crippen LogP contribution in [0.15, 0.2) is 29.7 Å². The second kappa shape index (κ2) is 8.05. The minimum atomic E-state index is -0.271. The number of esters is 1. The van der Waals surface area contributed by atoms with Gasteiger partial charge >= 0.3 is 5.97 Å². The van der Waals surface area contributed by atoms with Gasteiger partial charge in [0, 0.05) is 30.2 Å². The number of carbonyl (C=O) groups is 1. The van der Waals surface area contributed by atoms with Crippen LogP contribution in [0, 0.1) is 13.8 Å². The first-order valence-electron chi connectivity index (χ1n) is 8.13. The molecule has 3 aromatic heterocycles. The number of aryl methyl sites for hydroxylation is 2. The molecular weight excluding hydrogens is 372 g/mol. The summed E-state index contributed by atoms with van der Waals surface area (Å²) in [6.07, 6.45) is 6.35. The summed E-state index contributed by atoms with van der Waals surface area (Å²) >= 11 is 7.46. The molecule has 0 bridgehead atoms. The van der Waals surface area contributed by atoms with E-state index < -0.39 is 0 Å². The van der Waals surface area contributed by atoms with Gasteiger partial charge in [0.2, 0.25) is 0 Å². The van der Waals surface area contributed by atoms with E-state index in [4.69, 9.17) is 16.3 Å². The molecule has 0 atom stereocenters. The minimum Gasteiger partial charge on any atom is -0.459 e. The van der Waals surface area contributed by atoms with Gasteiger partial charge in [-0.05, 0) is 44.2 Å². The summed E-state index contributed by atoms with van der Waals surface area (Å²) in [5.74, 6) is -0.271. The molecule has 26 heavy (non-hydrogen) atoms. The van der Waals surface area contributed by atoms with E-state index in [2.05, 4.69) is 15.0 Å². The molecule has 0 aliphatic heterocycles. The first-order chi connectivity index (χ1) is 12.5. The largest absolute Gasteiger partial charge is 0.459 e. The predicted octanol–water partition coefficient (Wildman–Crippen LogP) is 3.79. The molecule has 0 saturated heterocycles. The maximum atomic E-state index is 12.1. The van der Waals surface area contributed by atoms with E-state index in [1.165, 1.54) is 11.8 Å². The smallest absolute Gasteiger partial charge is 0.306 e. The molecule has 6 nitrogen and oxygen atoms in total. The van der Waals surface area contributed by atoms with Crippen LogP contribution in [0.25, 0.3) is 5.65 Å². The maximum Gasteiger partial charge on any atom is 0.306 e. The molecule has 0 amide bonds. The number of carbonyl (C=O) groups excluding carboxylic acids is 1. The first kappa shape index (κ1) is 18.7. The molecule has 0 aromatic carbocycles. The zero-order valence-electron chi connectivity index (χ0n) is 14.8.